The lowest BCUT2D eigenvalue weighted by atomic mass is 9.65. The number of ether oxygens (including phenoxy) is 4. The van der Waals surface area contributed by atoms with Crippen LogP contribution in [-0.4, -0.2) is 110 Å². The Kier molecular flexibility index (Phi) is 14.7. The van der Waals surface area contributed by atoms with Crippen molar-refractivity contribution in [2.45, 2.75) is 56.0 Å². The zero-order valence-corrected chi connectivity index (χ0v) is 40.2. The highest BCUT2D eigenvalue weighted by Crippen LogP contribution is 2.66. The van der Waals surface area contributed by atoms with Crippen molar-refractivity contribution >= 4 is 46.8 Å². The van der Waals surface area contributed by atoms with E-state index >= 15 is 19.2 Å². The molecule has 16 nitrogen and oxygen atoms in total. The van der Waals surface area contributed by atoms with Crippen LogP contribution in [-0.2, 0) is 38.8 Å². The number of esters is 2. The van der Waals surface area contributed by atoms with E-state index in [2.05, 4.69) is 27.4 Å². The van der Waals surface area contributed by atoms with Crippen LogP contribution in [0.15, 0.2) is 127 Å². The van der Waals surface area contributed by atoms with Gasteiger partial charge in [-0.2, -0.15) is 0 Å². The number of nitrogens with one attached hydrogen (secondary N) is 2. The number of aliphatic hydroxyl groups excluding tert-OH is 2. The van der Waals surface area contributed by atoms with E-state index in [4.69, 9.17) is 18.9 Å². The molecule has 4 amide bonds. The number of cyclic esters (lactones) is 1. The van der Waals surface area contributed by atoms with Crippen molar-refractivity contribution < 1.29 is 53.1 Å². The lowest BCUT2D eigenvalue weighted by Crippen LogP contribution is -2.57. The van der Waals surface area contributed by atoms with E-state index in [0.717, 1.165) is 10.6 Å². The molecule has 5 aromatic carbocycles. The summed E-state index contributed by atoms with van der Waals surface area (Å²) in [6.07, 6.45) is -0.819. The van der Waals surface area contributed by atoms with Crippen LogP contribution in [0.5, 0.6) is 5.75 Å². The predicted octanol–water partition coefficient (Wildman–Crippen LogP) is 5.84. The summed E-state index contributed by atoms with van der Waals surface area (Å²) >= 11 is 0. The SMILES string of the molecule is COC(=O)[C@@H](NC(=O)N1C(=O)[C@@]2(c3cc(C#CCCO)ccc31)[C@H](C(=O)Nc1ccc(N3CCOCC3)cc1)[C@H]1C(=O)O[C@H](c3ccccc3)[C@H](c3ccccc3)N1[C@@H]2c1ccc(OCCO)cc1)C(C)C. The Bertz CT molecular complexity index is 2850. The van der Waals surface area contributed by atoms with Gasteiger partial charge in [-0.25, -0.2) is 14.5 Å². The number of benzene rings is 5. The van der Waals surface area contributed by atoms with Crippen molar-refractivity contribution in [3.05, 3.63) is 155 Å². The number of imide groups is 1. The molecule has 4 aliphatic rings. The molecule has 1 spiro atoms. The molecule has 0 radical (unpaired) electrons. The second-order valence-corrected chi connectivity index (χ2v) is 18.4. The minimum atomic E-state index is -2.13. The maximum Gasteiger partial charge on any atom is 0.329 e. The first-order valence-electron chi connectivity index (χ1n) is 24.1. The van der Waals surface area contributed by atoms with Gasteiger partial charge >= 0.3 is 18.0 Å². The van der Waals surface area contributed by atoms with Crippen LogP contribution in [0.1, 0.15) is 66.3 Å². The lowest BCUT2D eigenvalue weighted by Gasteiger charge is -2.46. The maximum atomic E-state index is 16.7. The Morgan fingerprint density at radius 3 is 2.14 bits per heavy atom. The van der Waals surface area contributed by atoms with E-state index in [0.29, 0.717) is 60.0 Å². The summed E-state index contributed by atoms with van der Waals surface area (Å²) in [7, 11) is 1.21. The number of urea groups is 1. The summed E-state index contributed by atoms with van der Waals surface area (Å²) < 4.78 is 23.1. The number of nitrogens with zero attached hydrogens (tertiary/aromatic N) is 3. The first-order valence-corrected chi connectivity index (χ1v) is 24.1. The zero-order chi connectivity index (χ0) is 50.5. The van der Waals surface area contributed by atoms with Gasteiger partial charge in [-0.3, -0.25) is 19.3 Å². The Balaban J connectivity index is 1.32. The molecule has 4 heterocycles. The molecular weight excluding hydrogens is 919 g/mol. The average molecular weight is 976 g/mol. The van der Waals surface area contributed by atoms with Gasteiger partial charge in [0, 0.05) is 36.4 Å². The Hall–Kier alpha value is -7.55. The molecule has 5 aromatic rings. The highest BCUT2D eigenvalue weighted by molar-refractivity contribution is 6.25. The van der Waals surface area contributed by atoms with Gasteiger partial charge in [-0.1, -0.05) is 98.5 Å². The normalized spacial score (nSPS) is 22.8. The molecule has 4 N–H and O–H groups in total. The van der Waals surface area contributed by atoms with Crippen molar-refractivity contribution in [3.63, 3.8) is 0 Å². The van der Waals surface area contributed by atoms with Crippen LogP contribution >= 0.6 is 0 Å². The van der Waals surface area contributed by atoms with Crippen molar-refractivity contribution in [3.8, 4) is 17.6 Å². The summed E-state index contributed by atoms with van der Waals surface area (Å²) in [4.78, 5) is 81.5. The highest BCUT2D eigenvalue weighted by atomic mass is 16.6. The van der Waals surface area contributed by atoms with Gasteiger partial charge < -0.3 is 44.7 Å². The molecule has 0 aliphatic carbocycles. The number of aliphatic hydroxyl groups is 2. The van der Waals surface area contributed by atoms with Crippen LogP contribution in [0.4, 0.5) is 21.9 Å². The molecule has 4 aliphatic heterocycles. The van der Waals surface area contributed by atoms with E-state index < -0.39 is 77.3 Å². The monoisotopic (exact) mass is 975 g/mol. The van der Waals surface area contributed by atoms with Crippen molar-refractivity contribution in [1.82, 2.24) is 10.2 Å². The standard InChI is InChI=1S/C56H57N5O11/c1-35(2)46(52(65)69-3)58-55(68)60-44-26-17-36(12-10-11-29-62)34-43(44)56(54(60)67)45(51(64)57-40-20-22-41(23-21-40)59-27-31-70-32-28-59)48-53(66)72-49(38-15-8-5-9-16-38)47(37-13-6-4-7-14-37)61(48)50(56)39-18-24-42(25-19-39)71-33-30-63/h4-9,13-26,34-35,45-50,62-63H,11,27-33H2,1-3H3,(H,57,64)(H,58,68)/t45-,46-,47-,48-,49+,50+,56-/m0/s1. The third-order valence-corrected chi connectivity index (χ3v) is 13.9. The average Bonchev–Trinajstić information content (AvgIpc) is 3.86. The van der Waals surface area contributed by atoms with Crippen LogP contribution in [0.3, 0.4) is 0 Å². The minimum Gasteiger partial charge on any atom is -0.491 e. The van der Waals surface area contributed by atoms with Crippen LogP contribution < -0.4 is 25.2 Å². The number of carbonyl (C=O) groups excluding carboxylic acids is 5. The Labute approximate surface area is 417 Å². The van der Waals surface area contributed by atoms with E-state index in [1.54, 1.807) is 68.4 Å². The first kappa shape index (κ1) is 49.4. The van der Waals surface area contributed by atoms with Gasteiger partial charge in [0.2, 0.25) is 11.8 Å². The van der Waals surface area contributed by atoms with Crippen LogP contribution in [0, 0.1) is 23.7 Å². The fourth-order valence-electron chi connectivity index (χ4n) is 10.7. The van der Waals surface area contributed by atoms with Gasteiger partial charge in [-0.05, 0) is 82.8 Å². The quantitative estimate of drug-likeness (QED) is 0.0813. The molecule has 0 aromatic heterocycles. The number of morpholine rings is 2. The Morgan fingerprint density at radius 1 is 0.819 bits per heavy atom. The maximum absolute atomic E-state index is 16.7. The second-order valence-electron chi connectivity index (χ2n) is 18.4. The first-order chi connectivity index (χ1) is 35.0. The number of rotatable bonds is 13. The van der Waals surface area contributed by atoms with Gasteiger partial charge in [0.15, 0.2) is 0 Å². The number of hydrogen-bond acceptors (Lipinski definition) is 13. The van der Waals surface area contributed by atoms with Crippen LogP contribution in [0.2, 0.25) is 0 Å². The van der Waals surface area contributed by atoms with Gasteiger partial charge in [-0.15, -0.1) is 0 Å². The molecule has 0 bridgehead atoms. The molecule has 0 unspecified atom stereocenters. The number of anilines is 3. The predicted molar refractivity (Wildman–Crippen MR) is 267 cm³/mol. The summed E-state index contributed by atoms with van der Waals surface area (Å²) in [6.45, 7) is 5.55. The van der Waals surface area contributed by atoms with E-state index in [1.807, 2.05) is 77.7 Å². The highest BCUT2D eigenvalue weighted by Gasteiger charge is 2.75. The third kappa shape index (κ3) is 9.16. The smallest absolute Gasteiger partial charge is 0.329 e. The largest absolute Gasteiger partial charge is 0.491 e. The fourth-order valence-corrected chi connectivity index (χ4v) is 10.7. The molecule has 3 saturated heterocycles. The number of amides is 4. The topological polar surface area (TPSA) is 197 Å². The van der Waals surface area contributed by atoms with E-state index in [9.17, 15) is 15.0 Å². The van der Waals surface area contributed by atoms with Crippen molar-refractivity contribution in [1.29, 1.82) is 0 Å². The van der Waals surface area contributed by atoms with Crippen molar-refractivity contribution in [2.24, 2.45) is 11.8 Å². The number of methoxy groups -OCH3 is 1. The number of carbonyl (C=O) groups is 5. The summed E-state index contributed by atoms with van der Waals surface area (Å²) in [5.41, 5.74) is 1.76. The molecule has 0 saturated carbocycles. The fraction of sp³-hybridized carbons (Fsp3) is 0.339. The van der Waals surface area contributed by atoms with E-state index in [1.165, 1.54) is 7.11 Å². The Morgan fingerprint density at radius 2 is 1.50 bits per heavy atom. The van der Waals surface area contributed by atoms with Gasteiger partial charge in [0.1, 0.15) is 36.0 Å². The molecule has 3 fully saturated rings. The molecule has 16 heteroatoms. The summed E-state index contributed by atoms with van der Waals surface area (Å²) in [6, 6.07) is 32.1. The molecule has 372 valence electrons. The molecule has 9 rings (SSSR count). The molecule has 7 atom stereocenters. The van der Waals surface area contributed by atoms with Crippen LogP contribution in [0.25, 0.3) is 0 Å². The summed E-state index contributed by atoms with van der Waals surface area (Å²) in [5.74, 6) is 1.32. The zero-order valence-electron chi connectivity index (χ0n) is 40.2. The number of fused-ring (bicyclic) bond motifs is 3. The second kappa shape index (κ2) is 21.4. The van der Waals surface area contributed by atoms with Crippen molar-refractivity contribution in [2.75, 3.05) is 68.4 Å². The third-order valence-electron chi connectivity index (χ3n) is 13.9. The minimum absolute atomic E-state index is 0.0102. The molecular formula is C56H57N5O11. The van der Waals surface area contributed by atoms with Gasteiger partial charge in [0.05, 0.1) is 57.2 Å². The number of hydrogen-bond donors (Lipinski definition) is 4. The molecule has 72 heavy (non-hydrogen) atoms. The lowest BCUT2D eigenvalue weighted by molar-refractivity contribution is -0.177. The summed E-state index contributed by atoms with van der Waals surface area (Å²) in [5, 5.41) is 25.2. The van der Waals surface area contributed by atoms with Gasteiger partial charge in [0.25, 0.3) is 0 Å². The van der Waals surface area contributed by atoms with E-state index in [-0.39, 0.29) is 37.5 Å².